The second kappa shape index (κ2) is 14.0. The molecule has 4 aromatic rings. The van der Waals surface area contributed by atoms with Crippen LogP contribution in [-0.4, -0.2) is 52.0 Å². The van der Waals surface area contributed by atoms with Crippen LogP contribution in [0, 0.1) is 0 Å². The van der Waals surface area contributed by atoms with Crippen LogP contribution < -0.4 is 8.92 Å². The SMILES string of the molecule is O=S(=O)(c1ccc(OCCN(Cc2ccccc2)C[C@@H](O)c2cccc(Cl)c2)cc1)c1ccc(OS(=O)(=O)C(F)(F)F)cc1. The second-order valence-corrected chi connectivity index (χ2v) is 13.5. The number of rotatable bonds is 13. The highest BCUT2D eigenvalue weighted by atomic mass is 35.5. The summed E-state index contributed by atoms with van der Waals surface area (Å²) in [6, 6.07) is 25.8. The quantitative estimate of drug-likeness (QED) is 0.136. The normalized spacial score (nSPS) is 13.0. The van der Waals surface area contributed by atoms with Crippen molar-refractivity contribution in [1.29, 1.82) is 0 Å². The molecular formula is C30H27ClF3NO7S2. The molecule has 0 unspecified atom stereocenters. The molecule has 14 heteroatoms. The first kappa shape index (κ1) is 33.3. The fourth-order valence-corrected chi connectivity index (χ4v) is 6.05. The van der Waals surface area contributed by atoms with E-state index < -0.39 is 37.3 Å². The third kappa shape index (κ3) is 8.73. The summed E-state index contributed by atoms with van der Waals surface area (Å²) >= 11 is 6.08. The van der Waals surface area contributed by atoms with Crippen molar-refractivity contribution in [2.24, 2.45) is 0 Å². The maximum absolute atomic E-state index is 13.0. The number of sulfone groups is 1. The van der Waals surface area contributed by atoms with Crippen molar-refractivity contribution < 1.29 is 44.0 Å². The second-order valence-electron chi connectivity index (χ2n) is 9.57. The molecule has 0 amide bonds. The average Bonchev–Trinajstić information content (AvgIpc) is 2.97. The Balaban J connectivity index is 1.38. The Bertz CT molecular complexity index is 1750. The maximum Gasteiger partial charge on any atom is 0.534 e. The molecule has 0 aliphatic rings. The van der Waals surface area contributed by atoms with Gasteiger partial charge in [0.1, 0.15) is 18.1 Å². The van der Waals surface area contributed by atoms with Crippen LogP contribution in [0.5, 0.6) is 11.5 Å². The van der Waals surface area contributed by atoms with Gasteiger partial charge in [0.2, 0.25) is 9.84 Å². The van der Waals surface area contributed by atoms with Gasteiger partial charge in [0.05, 0.1) is 15.9 Å². The fraction of sp³-hybridized carbons (Fsp3) is 0.200. The highest BCUT2D eigenvalue weighted by Crippen LogP contribution is 2.29. The van der Waals surface area contributed by atoms with Gasteiger partial charge >= 0.3 is 15.6 Å². The van der Waals surface area contributed by atoms with E-state index in [2.05, 4.69) is 4.18 Å². The number of aliphatic hydroxyl groups excluding tert-OH is 1. The third-order valence-electron chi connectivity index (χ3n) is 6.35. The fourth-order valence-electron chi connectivity index (χ4n) is 4.13. The maximum atomic E-state index is 13.0. The van der Waals surface area contributed by atoms with Crippen molar-refractivity contribution >= 4 is 31.6 Å². The number of alkyl halides is 3. The zero-order valence-electron chi connectivity index (χ0n) is 22.9. The van der Waals surface area contributed by atoms with E-state index in [0.29, 0.717) is 36.0 Å². The van der Waals surface area contributed by atoms with Crippen molar-refractivity contribution in [3.8, 4) is 11.5 Å². The molecule has 0 saturated carbocycles. The van der Waals surface area contributed by atoms with Crippen LogP contribution in [0.15, 0.2) is 113 Å². The Morgan fingerprint density at radius 3 is 1.95 bits per heavy atom. The number of ether oxygens (including phenoxy) is 1. The van der Waals surface area contributed by atoms with Crippen molar-refractivity contribution in [2.75, 3.05) is 19.7 Å². The van der Waals surface area contributed by atoms with Crippen LogP contribution >= 0.6 is 11.6 Å². The molecule has 0 spiro atoms. The standard InChI is InChI=1S/C30H27ClF3NO7S2/c31-24-8-4-7-23(19-24)29(36)21-35(20-22-5-2-1-3-6-22)17-18-41-25-9-13-27(14-10-25)43(37,38)28-15-11-26(12-16-28)42-44(39,40)30(32,33)34/h1-16,19,29,36H,17-18,20-21H2/t29-/m1/s1. The highest BCUT2D eigenvalue weighted by Gasteiger charge is 2.48. The van der Waals surface area contributed by atoms with Crippen LogP contribution in [0.4, 0.5) is 13.2 Å². The molecule has 4 rings (SSSR count). The molecule has 0 bridgehead atoms. The Labute approximate surface area is 258 Å². The predicted molar refractivity (Wildman–Crippen MR) is 158 cm³/mol. The molecular weight excluding hydrogens is 643 g/mol. The van der Waals surface area contributed by atoms with E-state index in [-0.39, 0.29) is 16.4 Å². The number of benzene rings is 4. The van der Waals surface area contributed by atoms with Crippen molar-refractivity contribution in [2.45, 2.75) is 27.9 Å². The highest BCUT2D eigenvalue weighted by molar-refractivity contribution is 7.91. The van der Waals surface area contributed by atoms with Gasteiger partial charge in [-0.15, -0.1) is 0 Å². The molecule has 8 nitrogen and oxygen atoms in total. The van der Waals surface area contributed by atoms with E-state index >= 15 is 0 Å². The average molecular weight is 670 g/mol. The summed E-state index contributed by atoms with van der Waals surface area (Å²) in [6.07, 6.45) is -0.795. The lowest BCUT2D eigenvalue weighted by Gasteiger charge is -2.25. The minimum Gasteiger partial charge on any atom is -0.492 e. The summed E-state index contributed by atoms with van der Waals surface area (Å²) in [5, 5.41) is 11.4. The smallest absolute Gasteiger partial charge is 0.492 e. The minimum atomic E-state index is -5.89. The summed E-state index contributed by atoms with van der Waals surface area (Å²) < 4.78 is 95.8. The Morgan fingerprint density at radius 1 is 0.795 bits per heavy atom. The van der Waals surface area contributed by atoms with Crippen LogP contribution in [0.25, 0.3) is 0 Å². The molecule has 1 atom stereocenters. The summed E-state index contributed by atoms with van der Waals surface area (Å²) in [4.78, 5) is 1.63. The van der Waals surface area contributed by atoms with E-state index in [1.807, 2.05) is 35.2 Å². The van der Waals surface area contributed by atoms with Gasteiger partial charge in [-0.1, -0.05) is 54.1 Å². The van der Waals surface area contributed by atoms with Crippen LogP contribution in [0.1, 0.15) is 17.2 Å². The van der Waals surface area contributed by atoms with E-state index in [1.54, 1.807) is 24.3 Å². The number of hydrogen-bond acceptors (Lipinski definition) is 8. The van der Waals surface area contributed by atoms with Gasteiger partial charge in [-0.2, -0.15) is 21.6 Å². The van der Waals surface area contributed by atoms with Gasteiger partial charge in [0, 0.05) is 24.7 Å². The molecule has 0 fully saturated rings. The van der Waals surface area contributed by atoms with Crippen molar-refractivity contribution in [3.05, 3.63) is 119 Å². The summed E-state index contributed by atoms with van der Waals surface area (Å²) in [5.41, 5.74) is -3.90. The summed E-state index contributed by atoms with van der Waals surface area (Å²) in [7, 11) is -9.97. The van der Waals surface area contributed by atoms with Crippen LogP contribution in [0.3, 0.4) is 0 Å². The largest absolute Gasteiger partial charge is 0.534 e. The molecule has 44 heavy (non-hydrogen) atoms. The number of aliphatic hydroxyl groups is 1. The zero-order valence-corrected chi connectivity index (χ0v) is 25.3. The number of hydrogen-bond donors (Lipinski definition) is 1. The first-order valence-electron chi connectivity index (χ1n) is 13.0. The minimum absolute atomic E-state index is 0.114. The monoisotopic (exact) mass is 669 g/mol. The summed E-state index contributed by atoms with van der Waals surface area (Å²) in [6.45, 7) is 1.52. The van der Waals surface area contributed by atoms with E-state index in [1.165, 1.54) is 24.3 Å². The molecule has 234 valence electrons. The lowest BCUT2D eigenvalue weighted by Crippen LogP contribution is -2.32. The molecule has 0 aliphatic heterocycles. The first-order valence-corrected chi connectivity index (χ1v) is 16.3. The van der Waals surface area contributed by atoms with Gasteiger partial charge in [0.15, 0.2) is 0 Å². The van der Waals surface area contributed by atoms with Gasteiger partial charge in [-0.3, -0.25) is 4.90 Å². The van der Waals surface area contributed by atoms with E-state index in [9.17, 15) is 35.1 Å². The lowest BCUT2D eigenvalue weighted by atomic mass is 10.1. The topological polar surface area (TPSA) is 110 Å². The van der Waals surface area contributed by atoms with Crippen LogP contribution in [0.2, 0.25) is 5.02 Å². The number of nitrogens with zero attached hydrogens (tertiary/aromatic N) is 1. The first-order chi connectivity index (χ1) is 20.7. The molecule has 4 aromatic carbocycles. The molecule has 0 saturated heterocycles. The molecule has 0 radical (unpaired) electrons. The third-order valence-corrected chi connectivity index (χ3v) is 9.35. The Kier molecular flexibility index (Phi) is 10.6. The van der Waals surface area contributed by atoms with Gasteiger partial charge in [-0.25, -0.2) is 8.42 Å². The van der Waals surface area contributed by atoms with E-state index in [4.69, 9.17) is 16.3 Å². The molecule has 1 N–H and O–H groups in total. The molecule has 0 aromatic heterocycles. The van der Waals surface area contributed by atoms with Crippen molar-refractivity contribution in [3.63, 3.8) is 0 Å². The van der Waals surface area contributed by atoms with Gasteiger partial charge < -0.3 is 14.0 Å². The summed E-state index contributed by atoms with van der Waals surface area (Å²) in [5.74, 6) is -0.300. The Morgan fingerprint density at radius 2 is 1.39 bits per heavy atom. The Hall–Kier alpha value is -3.62. The van der Waals surface area contributed by atoms with Gasteiger partial charge in [0.25, 0.3) is 0 Å². The van der Waals surface area contributed by atoms with E-state index in [0.717, 1.165) is 29.8 Å². The predicted octanol–water partition coefficient (Wildman–Crippen LogP) is 6.02. The molecule has 0 heterocycles. The van der Waals surface area contributed by atoms with Gasteiger partial charge in [-0.05, 0) is 71.8 Å². The van der Waals surface area contributed by atoms with Crippen molar-refractivity contribution in [1.82, 2.24) is 4.90 Å². The zero-order chi connectivity index (χ0) is 32.0. The lowest BCUT2D eigenvalue weighted by molar-refractivity contribution is -0.0500. The number of halogens is 4. The van der Waals surface area contributed by atoms with Crippen LogP contribution in [-0.2, 0) is 26.5 Å². The molecule has 0 aliphatic carbocycles.